The van der Waals surface area contributed by atoms with E-state index < -0.39 is 12.1 Å². The van der Waals surface area contributed by atoms with Crippen molar-refractivity contribution in [3.63, 3.8) is 0 Å². The number of hydrogen-bond donors (Lipinski definition) is 3. The summed E-state index contributed by atoms with van der Waals surface area (Å²) in [6.45, 7) is 4.17. The molecule has 43 heavy (non-hydrogen) atoms. The van der Waals surface area contributed by atoms with E-state index in [0.717, 1.165) is 5.56 Å². The Hall–Kier alpha value is -4.77. The van der Waals surface area contributed by atoms with Gasteiger partial charge in [-0.25, -0.2) is 4.79 Å². The average molecular weight is 589 g/mol. The van der Waals surface area contributed by atoms with Crippen LogP contribution in [0.25, 0.3) is 0 Å². The SMILES string of the molecule is C[C@@H]1CN([C@@H](C)CO)C(=O)c2cc(NC(=O)Cc3ccccc3)ccc2O[C@@H]1CN(C)C(=O)Nc1ccc2c(c1)OCO2. The lowest BCUT2D eigenvalue weighted by molar-refractivity contribution is -0.115. The summed E-state index contributed by atoms with van der Waals surface area (Å²) in [4.78, 5) is 42.7. The van der Waals surface area contributed by atoms with Gasteiger partial charge in [0.15, 0.2) is 11.5 Å². The van der Waals surface area contributed by atoms with E-state index in [1.54, 1.807) is 55.3 Å². The number of benzene rings is 3. The van der Waals surface area contributed by atoms with Gasteiger partial charge in [-0.1, -0.05) is 37.3 Å². The number of anilines is 2. The molecule has 3 N–H and O–H groups in total. The molecule has 0 saturated heterocycles. The Morgan fingerprint density at radius 2 is 1.70 bits per heavy atom. The molecule has 11 heteroatoms. The fraction of sp³-hybridized carbons (Fsp3) is 0.344. The minimum absolute atomic E-state index is 0.140. The quantitative estimate of drug-likeness (QED) is 0.363. The Bertz CT molecular complexity index is 1480. The van der Waals surface area contributed by atoms with Crippen molar-refractivity contribution < 1.29 is 33.7 Å². The number of nitrogens with one attached hydrogen (secondary N) is 2. The number of aliphatic hydroxyl groups is 1. The summed E-state index contributed by atoms with van der Waals surface area (Å²) < 4.78 is 17.1. The molecule has 0 bridgehead atoms. The lowest BCUT2D eigenvalue weighted by Gasteiger charge is -2.38. The number of likely N-dealkylation sites (N-methyl/N-ethyl adjacent to an activating group) is 1. The predicted octanol–water partition coefficient (Wildman–Crippen LogP) is 3.98. The zero-order chi connectivity index (χ0) is 30.5. The summed E-state index contributed by atoms with van der Waals surface area (Å²) in [6, 6.07) is 18.7. The minimum atomic E-state index is -0.480. The third-order valence-corrected chi connectivity index (χ3v) is 7.58. The first-order valence-electron chi connectivity index (χ1n) is 14.2. The lowest BCUT2D eigenvalue weighted by Crippen LogP contribution is -2.50. The summed E-state index contributed by atoms with van der Waals surface area (Å²) in [5.74, 6) is 0.811. The van der Waals surface area contributed by atoms with E-state index in [1.807, 2.05) is 37.3 Å². The number of carbonyl (C=O) groups excluding carboxylic acids is 3. The predicted molar refractivity (Wildman–Crippen MR) is 161 cm³/mol. The van der Waals surface area contributed by atoms with Crippen LogP contribution in [0.4, 0.5) is 16.2 Å². The minimum Gasteiger partial charge on any atom is -0.487 e. The number of carbonyl (C=O) groups is 3. The van der Waals surface area contributed by atoms with E-state index in [2.05, 4.69) is 10.6 Å². The molecule has 226 valence electrons. The first kappa shape index (κ1) is 29.7. The Morgan fingerprint density at radius 1 is 1.00 bits per heavy atom. The molecule has 0 saturated carbocycles. The topological polar surface area (TPSA) is 130 Å². The number of ether oxygens (including phenoxy) is 3. The smallest absolute Gasteiger partial charge is 0.321 e. The Kier molecular flexibility index (Phi) is 9.01. The van der Waals surface area contributed by atoms with E-state index in [4.69, 9.17) is 14.2 Å². The number of fused-ring (bicyclic) bond motifs is 2. The van der Waals surface area contributed by atoms with E-state index in [-0.39, 0.29) is 55.7 Å². The van der Waals surface area contributed by atoms with Crippen LogP contribution in [0.3, 0.4) is 0 Å². The number of rotatable bonds is 8. The van der Waals surface area contributed by atoms with E-state index in [0.29, 0.717) is 35.2 Å². The maximum Gasteiger partial charge on any atom is 0.321 e. The van der Waals surface area contributed by atoms with Gasteiger partial charge in [-0.05, 0) is 42.8 Å². The molecule has 4 amide bonds. The second kappa shape index (κ2) is 13.0. The van der Waals surface area contributed by atoms with E-state index in [1.165, 1.54) is 4.90 Å². The van der Waals surface area contributed by atoms with Crippen LogP contribution in [-0.2, 0) is 11.2 Å². The average Bonchev–Trinajstić information content (AvgIpc) is 3.47. The molecule has 2 aliphatic heterocycles. The van der Waals surface area contributed by atoms with Gasteiger partial charge in [-0.3, -0.25) is 9.59 Å². The van der Waals surface area contributed by atoms with Crippen molar-refractivity contribution in [2.75, 3.05) is 44.2 Å². The van der Waals surface area contributed by atoms with Crippen molar-refractivity contribution >= 4 is 29.2 Å². The summed E-state index contributed by atoms with van der Waals surface area (Å²) in [5, 5.41) is 15.7. The molecule has 5 rings (SSSR count). The molecule has 0 aromatic heterocycles. The molecule has 0 radical (unpaired) electrons. The van der Waals surface area contributed by atoms with Crippen LogP contribution in [0, 0.1) is 5.92 Å². The summed E-state index contributed by atoms with van der Waals surface area (Å²) in [7, 11) is 1.67. The van der Waals surface area contributed by atoms with Gasteiger partial charge in [-0.2, -0.15) is 0 Å². The number of amides is 4. The van der Waals surface area contributed by atoms with Gasteiger partial charge >= 0.3 is 6.03 Å². The third-order valence-electron chi connectivity index (χ3n) is 7.58. The Morgan fingerprint density at radius 3 is 2.44 bits per heavy atom. The zero-order valence-corrected chi connectivity index (χ0v) is 24.4. The van der Waals surface area contributed by atoms with Gasteiger partial charge < -0.3 is 39.8 Å². The van der Waals surface area contributed by atoms with Crippen LogP contribution in [-0.4, -0.2) is 78.4 Å². The van der Waals surface area contributed by atoms with Crippen molar-refractivity contribution in [3.8, 4) is 17.2 Å². The molecule has 0 spiro atoms. The normalized spacial score (nSPS) is 18.0. The molecule has 0 aliphatic carbocycles. The van der Waals surface area contributed by atoms with Crippen molar-refractivity contribution in [2.45, 2.75) is 32.4 Å². The summed E-state index contributed by atoms with van der Waals surface area (Å²) in [6.07, 6.45) is -0.290. The molecular weight excluding hydrogens is 552 g/mol. The first-order chi connectivity index (χ1) is 20.7. The molecule has 0 fully saturated rings. The molecule has 3 aromatic rings. The Labute approximate surface area is 250 Å². The standard InChI is InChI=1S/C32H36N4O7/c1-20-16-36(21(2)18-37)31(39)25-14-23(33-30(38)13-22-7-5-4-6-8-22)9-11-26(25)43-29(20)17-35(3)32(40)34-24-10-12-27-28(15-24)42-19-41-27/h4-12,14-15,20-21,29,37H,13,16-19H2,1-3H3,(H,33,38)(H,34,40)/t20-,21+,29-/m1/s1. The van der Waals surface area contributed by atoms with E-state index in [9.17, 15) is 19.5 Å². The van der Waals surface area contributed by atoms with Crippen molar-refractivity contribution in [3.05, 3.63) is 77.9 Å². The fourth-order valence-electron chi connectivity index (χ4n) is 5.05. The molecule has 11 nitrogen and oxygen atoms in total. The van der Waals surface area contributed by atoms with Gasteiger partial charge in [0.05, 0.1) is 31.2 Å². The first-order valence-corrected chi connectivity index (χ1v) is 14.2. The fourth-order valence-corrected chi connectivity index (χ4v) is 5.05. The highest BCUT2D eigenvalue weighted by Crippen LogP contribution is 2.34. The van der Waals surface area contributed by atoms with Crippen LogP contribution < -0.4 is 24.8 Å². The second-order valence-corrected chi connectivity index (χ2v) is 10.9. The summed E-state index contributed by atoms with van der Waals surface area (Å²) in [5.41, 5.74) is 2.16. The molecule has 3 aromatic carbocycles. The maximum atomic E-state index is 13.7. The highest BCUT2D eigenvalue weighted by Gasteiger charge is 2.34. The van der Waals surface area contributed by atoms with E-state index >= 15 is 0 Å². The second-order valence-electron chi connectivity index (χ2n) is 10.9. The van der Waals surface area contributed by atoms with Crippen molar-refractivity contribution in [2.24, 2.45) is 5.92 Å². The van der Waals surface area contributed by atoms with Crippen LogP contribution in [0.2, 0.25) is 0 Å². The van der Waals surface area contributed by atoms with Crippen LogP contribution in [0.1, 0.15) is 29.8 Å². The largest absolute Gasteiger partial charge is 0.487 e. The summed E-state index contributed by atoms with van der Waals surface area (Å²) >= 11 is 0. The molecule has 2 heterocycles. The number of urea groups is 1. The van der Waals surface area contributed by atoms with Gasteiger partial charge in [0, 0.05) is 37.0 Å². The van der Waals surface area contributed by atoms with Gasteiger partial charge in [0.2, 0.25) is 12.7 Å². The van der Waals surface area contributed by atoms with Gasteiger partial charge in [0.1, 0.15) is 11.9 Å². The van der Waals surface area contributed by atoms with Crippen LogP contribution in [0.5, 0.6) is 17.2 Å². The number of nitrogens with zero attached hydrogens (tertiary/aromatic N) is 2. The number of aliphatic hydroxyl groups excluding tert-OH is 1. The maximum absolute atomic E-state index is 13.7. The van der Waals surface area contributed by atoms with Crippen LogP contribution in [0.15, 0.2) is 66.7 Å². The van der Waals surface area contributed by atoms with Crippen molar-refractivity contribution in [1.29, 1.82) is 0 Å². The highest BCUT2D eigenvalue weighted by molar-refractivity contribution is 6.00. The number of hydrogen-bond acceptors (Lipinski definition) is 7. The van der Waals surface area contributed by atoms with Crippen LogP contribution >= 0.6 is 0 Å². The Balaban J connectivity index is 1.33. The van der Waals surface area contributed by atoms with Gasteiger partial charge in [0.25, 0.3) is 5.91 Å². The van der Waals surface area contributed by atoms with Gasteiger partial charge in [-0.15, -0.1) is 0 Å². The highest BCUT2D eigenvalue weighted by atomic mass is 16.7. The molecule has 2 aliphatic rings. The zero-order valence-electron chi connectivity index (χ0n) is 24.4. The monoisotopic (exact) mass is 588 g/mol. The van der Waals surface area contributed by atoms with Crippen molar-refractivity contribution in [1.82, 2.24) is 9.80 Å². The third kappa shape index (κ3) is 7.00. The molecular formula is C32H36N4O7. The molecule has 0 unspecified atom stereocenters. The molecule has 3 atom stereocenters. The lowest BCUT2D eigenvalue weighted by atomic mass is 9.99.